The lowest BCUT2D eigenvalue weighted by molar-refractivity contribution is 0.0849. The topological polar surface area (TPSA) is 45.3 Å². The molecule has 0 bridgehead atoms. The second kappa shape index (κ2) is 9.24. The van der Waals surface area contributed by atoms with Crippen LogP contribution in [-0.4, -0.2) is 72.3 Å². The molecule has 2 fully saturated rings. The van der Waals surface area contributed by atoms with Gasteiger partial charge in [0.1, 0.15) is 0 Å². The van der Waals surface area contributed by atoms with Crippen molar-refractivity contribution in [3.05, 3.63) is 23.8 Å². The first-order chi connectivity index (χ1) is 14.2. The molecule has 29 heavy (non-hydrogen) atoms. The zero-order valence-electron chi connectivity index (χ0n) is 17.9. The summed E-state index contributed by atoms with van der Waals surface area (Å²) in [5.41, 5.74) is 1.18. The molecule has 3 heterocycles. The van der Waals surface area contributed by atoms with Gasteiger partial charge in [-0.3, -0.25) is 0 Å². The quantitative estimate of drug-likeness (QED) is 0.754. The van der Waals surface area contributed by atoms with Crippen LogP contribution in [0.15, 0.2) is 18.2 Å². The normalized spacial score (nSPS) is 21.2. The first-order valence-corrected chi connectivity index (χ1v) is 11.3. The summed E-state index contributed by atoms with van der Waals surface area (Å²) in [5, 5.41) is 0. The molecule has 1 aromatic carbocycles. The standard InChI is InChI=1S/C23H35N3O3/c1-3-26(18(2)15-19-7-8-21-22(16-19)29-17-28-21)23(27)25-13-9-20(10-14-25)24-11-5-4-6-12-24/h7-8,16,18,20H,3-6,9-15,17H2,1-2H3. The van der Waals surface area contributed by atoms with Crippen LogP contribution in [0.4, 0.5) is 4.79 Å². The summed E-state index contributed by atoms with van der Waals surface area (Å²) in [6.07, 6.45) is 7.08. The molecule has 0 aromatic heterocycles. The Morgan fingerprint density at radius 3 is 2.55 bits per heavy atom. The molecule has 3 aliphatic rings. The monoisotopic (exact) mass is 401 g/mol. The van der Waals surface area contributed by atoms with Crippen molar-refractivity contribution in [1.82, 2.24) is 14.7 Å². The number of rotatable bonds is 5. The molecule has 6 heteroatoms. The van der Waals surface area contributed by atoms with Crippen molar-refractivity contribution >= 4 is 6.03 Å². The third-order valence-electron chi connectivity index (χ3n) is 6.73. The number of likely N-dealkylation sites (tertiary alicyclic amines) is 2. The van der Waals surface area contributed by atoms with E-state index in [1.165, 1.54) is 37.9 Å². The van der Waals surface area contributed by atoms with Crippen LogP contribution >= 0.6 is 0 Å². The number of urea groups is 1. The summed E-state index contributed by atoms with van der Waals surface area (Å²) in [4.78, 5) is 20.0. The molecular formula is C23H35N3O3. The third kappa shape index (κ3) is 4.63. The summed E-state index contributed by atoms with van der Waals surface area (Å²) in [6, 6.07) is 7.09. The van der Waals surface area contributed by atoms with Gasteiger partial charge in [0.25, 0.3) is 0 Å². The lowest BCUT2D eigenvalue weighted by Gasteiger charge is -2.42. The smallest absolute Gasteiger partial charge is 0.320 e. The molecule has 6 nitrogen and oxygen atoms in total. The van der Waals surface area contributed by atoms with E-state index in [4.69, 9.17) is 9.47 Å². The van der Waals surface area contributed by atoms with Crippen LogP contribution in [0, 0.1) is 0 Å². The number of nitrogens with zero attached hydrogens (tertiary/aromatic N) is 3. The van der Waals surface area contributed by atoms with Gasteiger partial charge in [-0.05, 0) is 76.7 Å². The Morgan fingerprint density at radius 1 is 1.10 bits per heavy atom. The van der Waals surface area contributed by atoms with E-state index >= 15 is 0 Å². The van der Waals surface area contributed by atoms with Crippen molar-refractivity contribution < 1.29 is 14.3 Å². The van der Waals surface area contributed by atoms with Crippen LogP contribution in [0.1, 0.15) is 51.5 Å². The van der Waals surface area contributed by atoms with E-state index in [2.05, 4.69) is 29.7 Å². The molecule has 2 amide bonds. The summed E-state index contributed by atoms with van der Waals surface area (Å²) in [7, 11) is 0. The number of hydrogen-bond acceptors (Lipinski definition) is 4. The van der Waals surface area contributed by atoms with E-state index in [0.717, 1.165) is 50.4 Å². The summed E-state index contributed by atoms with van der Waals surface area (Å²) in [6.45, 7) is 9.50. The van der Waals surface area contributed by atoms with Gasteiger partial charge in [0.15, 0.2) is 11.5 Å². The minimum atomic E-state index is 0.146. The summed E-state index contributed by atoms with van der Waals surface area (Å²) < 4.78 is 10.9. The number of carbonyl (C=O) groups excluding carboxylic acids is 1. The Bertz CT molecular complexity index is 697. The molecule has 1 unspecified atom stereocenters. The van der Waals surface area contributed by atoms with Crippen LogP contribution < -0.4 is 9.47 Å². The highest BCUT2D eigenvalue weighted by Crippen LogP contribution is 2.33. The van der Waals surface area contributed by atoms with Gasteiger partial charge in [-0.2, -0.15) is 0 Å². The van der Waals surface area contributed by atoms with Crippen molar-refractivity contribution in [3.63, 3.8) is 0 Å². The van der Waals surface area contributed by atoms with E-state index in [1.807, 2.05) is 17.0 Å². The highest BCUT2D eigenvalue weighted by molar-refractivity contribution is 5.75. The maximum Gasteiger partial charge on any atom is 0.320 e. The number of piperidine rings is 2. The highest BCUT2D eigenvalue weighted by atomic mass is 16.7. The van der Waals surface area contributed by atoms with E-state index < -0.39 is 0 Å². The molecule has 0 spiro atoms. The van der Waals surface area contributed by atoms with Crippen LogP contribution in [-0.2, 0) is 6.42 Å². The van der Waals surface area contributed by atoms with Crippen molar-refractivity contribution in [2.24, 2.45) is 0 Å². The molecule has 0 saturated carbocycles. The van der Waals surface area contributed by atoms with Crippen molar-refractivity contribution in [3.8, 4) is 11.5 Å². The number of amides is 2. The Morgan fingerprint density at radius 2 is 1.83 bits per heavy atom. The Labute approximate surface area is 174 Å². The molecule has 1 atom stereocenters. The molecular weight excluding hydrogens is 366 g/mol. The van der Waals surface area contributed by atoms with E-state index in [-0.39, 0.29) is 12.1 Å². The first-order valence-electron chi connectivity index (χ1n) is 11.3. The average molecular weight is 402 g/mol. The molecule has 2 saturated heterocycles. The maximum absolute atomic E-state index is 13.2. The molecule has 0 aliphatic carbocycles. The molecule has 160 valence electrons. The maximum atomic E-state index is 13.2. The fraction of sp³-hybridized carbons (Fsp3) is 0.696. The predicted octanol–water partition coefficient (Wildman–Crippen LogP) is 3.74. The Balaban J connectivity index is 1.31. The van der Waals surface area contributed by atoms with Crippen LogP contribution in [0.25, 0.3) is 0 Å². The third-order valence-corrected chi connectivity index (χ3v) is 6.73. The molecule has 0 radical (unpaired) electrons. The molecule has 1 aromatic rings. The van der Waals surface area contributed by atoms with Crippen LogP contribution in [0.5, 0.6) is 11.5 Å². The fourth-order valence-electron chi connectivity index (χ4n) is 5.04. The van der Waals surface area contributed by atoms with E-state index in [1.54, 1.807) is 0 Å². The van der Waals surface area contributed by atoms with Crippen LogP contribution in [0.2, 0.25) is 0 Å². The lowest BCUT2D eigenvalue weighted by Crippen LogP contribution is -2.53. The van der Waals surface area contributed by atoms with Gasteiger partial charge in [0.2, 0.25) is 6.79 Å². The molecule has 3 aliphatic heterocycles. The SMILES string of the molecule is CCN(C(=O)N1CCC(N2CCCCC2)CC1)C(C)Cc1ccc2c(c1)OCO2. The number of ether oxygens (including phenoxy) is 2. The first kappa shape index (κ1) is 20.3. The van der Waals surface area contributed by atoms with Crippen molar-refractivity contribution in [1.29, 1.82) is 0 Å². The Kier molecular flexibility index (Phi) is 6.48. The van der Waals surface area contributed by atoms with Crippen LogP contribution in [0.3, 0.4) is 0 Å². The molecule has 4 rings (SSSR count). The highest BCUT2D eigenvalue weighted by Gasteiger charge is 2.30. The van der Waals surface area contributed by atoms with Gasteiger partial charge in [-0.1, -0.05) is 12.5 Å². The number of hydrogen-bond donors (Lipinski definition) is 0. The predicted molar refractivity (Wildman–Crippen MR) is 114 cm³/mol. The zero-order chi connectivity index (χ0) is 20.2. The van der Waals surface area contributed by atoms with E-state index in [0.29, 0.717) is 12.8 Å². The summed E-state index contributed by atoms with van der Waals surface area (Å²) in [5.74, 6) is 1.62. The Hall–Kier alpha value is -1.95. The van der Waals surface area contributed by atoms with Crippen molar-refractivity contribution in [2.45, 2.75) is 64.5 Å². The number of benzene rings is 1. The summed E-state index contributed by atoms with van der Waals surface area (Å²) >= 11 is 0. The van der Waals surface area contributed by atoms with Gasteiger partial charge < -0.3 is 24.2 Å². The van der Waals surface area contributed by atoms with Crippen molar-refractivity contribution in [2.75, 3.05) is 39.5 Å². The number of likely N-dealkylation sites (N-methyl/N-ethyl adjacent to an activating group) is 1. The van der Waals surface area contributed by atoms with E-state index in [9.17, 15) is 4.79 Å². The number of carbonyl (C=O) groups is 1. The van der Waals surface area contributed by atoms with Gasteiger partial charge in [0, 0.05) is 31.7 Å². The van der Waals surface area contributed by atoms with Gasteiger partial charge in [-0.25, -0.2) is 4.79 Å². The van der Waals surface area contributed by atoms with Gasteiger partial charge in [-0.15, -0.1) is 0 Å². The fourth-order valence-corrected chi connectivity index (χ4v) is 5.04. The van der Waals surface area contributed by atoms with Gasteiger partial charge in [0.05, 0.1) is 0 Å². The minimum Gasteiger partial charge on any atom is -0.454 e. The second-order valence-corrected chi connectivity index (χ2v) is 8.62. The lowest BCUT2D eigenvalue weighted by atomic mass is 10.00. The second-order valence-electron chi connectivity index (χ2n) is 8.62. The molecule has 0 N–H and O–H groups in total. The minimum absolute atomic E-state index is 0.146. The average Bonchev–Trinajstić information content (AvgIpc) is 3.23. The largest absolute Gasteiger partial charge is 0.454 e. The zero-order valence-corrected chi connectivity index (χ0v) is 17.9. The number of fused-ring (bicyclic) bond motifs is 1. The van der Waals surface area contributed by atoms with Gasteiger partial charge >= 0.3 is 6.03 Å².